The molecule has 2 N–H and O–H groups in total. The highest BCUT2D eigenvalue weighted by atomic mass is 16.5. The van der Waals surface area contributed by atoms with E-state index in [0.717, 1.165) is 28.9 Å². The maximum absolute atomic E-state index is 6.36. The van der Waals surface area contributed by atoms with Crippen LogP contribution in [0.25, 0.3) is 0 Å². The molecule has 100 valence electrons. The van der Waals surface area contributed by atoms with Crippen LogP contribution in [0, 0.1) is 6.92 Å². The molecule has 2 nitrogen and oxygen atoms in total. The topological polar surface area (TPSA) is 35.2 Å². The van der Waals surface area contributed by atoms with Crippen molar-refractivity contribution in [3.63, 3.8) is 0 Å². The molecule has 0 amide bonds. The Hall–Kier alpha value is -1.80. The normalized spacial score (nSPS) is 12.2. The number of rotatable bonds is 4. The van der Waals surface area contributed by atoms with Gasteiger partial charge >= 0.3 is 0 Å². The molecule has 0 spiro atoms. The molecule has 0 radical (unpaired) electrons. The van der Waals surface area contributed by atoms with Gasteiger partial charge in [-0.2, -0.15) is 0 Å². The highest BCUT2D eigenvalue weighted by Gasteiger charge is 2.11. The molecule has 0 saturated heterocycles. The molecule has 0 aliphatic rings. The molecule has 19 heavy (non-hydrogen) atoms. The predicted octanol–water partition coefficient (Wildman–Crippen LogP) is 3.61. The SMILES string of the molecule is CCc1ccc(C(N)c2ccc(OC)cc2C)cc1. The average Bonchev–Trinajstić information content (AvgIpc) is 2.46. The summed E-state index contributed by atoms with van der Waals surface area (Å²) < 4.78 is 5.22. The predicted molar refractivity (Wildman–Crippen MR) is 79.6 cm³/mol. The standard InChI is InChI=1S/C17H21NO/c1-4-13-5-7-14(8-6-13)17(18)16-10-9-15(19-3)11-12(16)2/h5-11,17H,4,18H2,1-3H3. The van der Waals surface area contributed by atoms with Gasteiger partial charge in [-0.15, -0.1) is 0 Å². The molecule has 0 bridgehead atoms. The second kappa shape index (κ2) is 5.89. The number of nitrogens with two attached hydrogens (primary N) is 1. The minimum absolute atomic E-state index is 0.0863. The van der Waals surface area contributed by atoms with Gasteiger partial charge in [-0.1, -0.05) is 37.3 Å². The van der Waals surface area contributed by atoms with Gasteiger partial charge in [0.25, 0.3) is 0 Å². The molecule has 0 aliphatic heterocycles. The van der Waals surface area contributed by atoms with Crippen molar-refractivity contribution in [2.75, 3.05) is 7.11 Å². The fourth-order valence-corrected chi connectivity index (χ4v) is 2.26. The summed E-state index contributed by atoms with van der Waals surface area (Å²) in [4.78, 5) is 0. The van der Waals surface area contributed by atoms with Crippen molar-refractivity contribution < 1.29 is 4.74 Å². The summed E-state index contributed by atoms with van der Waals surface area (Å²) >= 11 is 0. The van der Waals surface area contributed by atoms with Gasteiger partial charge < -0.3 is 10.5 Å². The van der Waals surface area contributed by atoms with Crippen LogP contribution in [-0.4, -0.2) is 7.11 Å². The van der Waals surface area contributed by atoms with Crippen LogP contribution in [-0.2, 0) is 6.42 Å². The van der Waals surface area contributed by atoms with E-state index in [1.165, 1.54) is 5.56 Å². The van der Waals surface area contributed by atoms with Gasteiger partial charge in [0.15, 0.2) is 0 Å². The third-order valence-corrected chi connectivity index (χ3v) is 3.56. The maximum Gasteiger partial charge on any atom is 0.119 e. The molecule has 0 fully saturated rings. The molecule has 2 rings (SSSR count). The molecule has 0 saturated carbocycles. The van der Waals surface area contributed by atoms with Crippen molar-refractivity contribution in [3.05, 3.63) is 64.7 Å². The van der Waals surface area contributed by atoms with Crippen LogP contribution in [0.4, 0.5) is 0 Å². The van der Waals surface area contributed by atoms with Crippen molar-refractivity contribution in [3.8, 4) is 5.75 Å². The third-order valence-electron chi connectivity index (χ3n) is 3.56. The van der Waals surface area contributed by atoms with E-state index < -0.39 is 0 Å². The third kappa shape index (κ3) is 2.96. The van der Waals surface area contributed by atoms with Gasteiger partial charge in [0.05, 0.1) is 13.2 Å². The number of hydrogen-bond acceptors (Lipinski definition) is 2. The second-order valence-electron chi connectivity index (χ2n) is 4.80. The quantitative estimate of drug-likeness (QED) is 0.905. The highest BCUT2D eigenvalue weighted by Crippen LogP contribution is 2.26. The maximum atomic E-state index is 6.36. The summed E-state index contributed by atoms with van der Waals surface area (Å²) in [5, 5.41) is 0. The Kier molecular flexibility index (Phi) is 4.23. The lowest BCUT2D eigenvalue weighted by Gasteiger charge is -2.16. The van der Waals surface area contributed by atoms with Crippen molar-refractivity contribution >= 4 is 0 Å². The van der Waals surface area contributed by atoms with Crippen LogP contribution in [0.1, 0.15) is 35.2 Å². The van der Waals surface area contributed by atoms with Gasteiger partial charge in [0.2, 0.25) is 0 Å². The van der Waals surface area contributed by atoms with E-state index in [2.05, 4.69) is 38.1 Å². The fraction of sp³-hybridized carbons (Fsp3) is 0.294. The highest BCUT2D eigenvalue weighted by molar-refractivity contribution is 5.41. The molecule has 2 aromatic rings. The Labute approximate surface area is 115 Å². The Morgan fingerprint density at radius 2 is 1.79 bits per heavy atom. The van der Waals surface area contributed by atoms with Gasteiger partial charge in [0.1, 0.15) is 5.75 Å². The molecular formula is C17H21NO. The summed E-state index contributed by atoms with van der Waals surface area (Å²) in [6.07, 6.45) is 1.05. The number of methoxy groups -OCH3 is 1. The molecule has 1 unspecified atom stereocenters. The largest absolute Gasteiger partial charge is 0.497 e. The minimum Gasteiger partial charge on any atom is -0.497 e. The van der Waals surface area contributed by atoms with Crippen LogP contribution in [0.15, 0.2) is 42.5 Å². The van der Waals surface area contributed by atoms with Gasteiger partial charge in [-0.25, -0.2) is 0 Å². The lowest BCUT2D eigenvalue weighted by Crippen LogP contribution is -2.13. The Morgan fingerprint density at radius 3 is 2.32 bits per heavy atom. The summed E-state index contributed by atoms with van der Waals surface area (Å²) in [5.74, 6) is 0.870. The molecule has 1 atom stereocenters. The summed E-state index contributed by atoms with van der Waals surface area (Å²) in [7, 11) is 1.68. The Balaban J connectivity index is 2.29. The van der Waals surface area contributed by atoms with Crippen LogP contribution >= 0.6 is 0 Å². The summed E-state index contributed by atoms with van der Waals surface area (Å²) in [6, 6.07) is 14.5. The molecular weight excluding hydrogens is 234 g/mol. The fourth-order valence-electron chi connectivity index (χ4n) is 2.26. The van der Waals surface area contributed by atoms with Gasteiger partial charge in [-0.05, 0) is 47.7 Å². The van der Waals surface area contributed by atoms with E-state index in [-0.39, 0.29) is 6.04 Å². The zero-order valence-corrected chi connectivity index (χ0v) is 11.8. The van der Waals surface area contributed by atoms with Crippen molar-refractivity contribution in [2.45, 2.75) is 26.3 Å². The number of hydrogen-bond donors (Lipinski definition) is 1. The first-order valence-corrected chi connectivity index (χ1v) is 6.64. The molecule has 2 aromatic carbocycles. The summed E-state index contributed by atoms with van der Waals surface area (Å²) in [5.41, 5.74) is 11.1. The lowest BCUT2D eigenvalue weighted by atomic mass is 9.95. The average molecular weight is 255 g/mol. The lowest BCUT2D eigenvalue weighted by molar-refractivity contribution is 0.414. The van der Waals surface area contributed by atoms with Crippen molar-refractivity contribution in [1.29, 1.82) is 0 Å². The van der Waals surface area contributed by atoms with E-state index in [1.807, 2.05) is 18.2 Å². The Morgan fingerprint density at radius 1 is 1.11 bits per heavy atom. The van der Waals surface area contributed by atoms with Crippen LogP contribution in [0.5, 0.6) is 5.75 Å². The first-order valence-electron chi connectivity index (χ1n) is 6.64. The van der Waals surface area contributed by atoms with E-state index in [9.17, 15) is 0 Å². The molecule has 0 heterocycles. The zero-order chi connectivity index (χ0) is 13.8. The molecule has 2 heteroatoms. The van der Waals surface area contributed by atoms with Crippen LogP contribution in [0.3, 0.4) is 0 Å². The van der Waals surface area contributed by atoms with E-state index in [1.54, 1.807) is 7.11 Å². The first kappa shape index (κ1) is 13.6. The number of benzene rings is 2. The van der Waals surface area contributed by atoms with E-state index >= 15 is 0 Å². The molecule has 0 aliphatic carbocycles. The number of aryl methyl sites for hydroxylation is 2. The number of ether oxygens (including phenoxy) is 1. The summed E-state index contributed by atoms with van der Waals surface area (Å²) in [6.45, 7) is 4.22. The minimum atomic E-state index is -0.0863. The zero-order valence-electron chi connectivity index (χ0n) is 11.8. The van der Waals surface area contributed by atoms with Gasteiger partial charge in [-0.3, -0.25) is 0 Å². The Bertz CT molecular complexity index is 546. The molecule has 0 aromatic heterocycles. The monoisotopic (exact) mass is 255 g/mol. The van der Waals surface area contributed by atoms with Crippen LogP contribution < -0.4 is 10.5 Å². The van der Waals surface area contributed by atoms with Crippen molar-refractivity contribution in [1.82, 2.24) is 0 Å². The van der Waals surface area contributed by atoms with Gasteiger partial charge in [0, 0.05) is 0 Å². The second-order valence-corrected chi connectivity index (χ2v) is 4.80. The van der Waals surface area contributed by atoms with E-state index in [4.69, 9.17) is 10.5 Å². The van der Waals surface area contributed by atoms with Crippen LogP contribution in [0.2, 0.25) is 0 Å². The first-order chi connectivity index (χ1) is 9.15. The van der Waals surface area contributed by atoms with Crippen molar-refractivity contribution in [2.24, 2.45) is 5.73 Å². The smallest absolute Gasteiger partial charge is 0.119 e. The van der Waals surface area contributed by atoms with E-state index in [0.29, 0.717) is 0 Å².